The van der Waals surface area contributed by atoms with Gasteiger partial charge in [0.25, 0.3) is 0 Å². The van der Waals surface area contributed by atoms with Crippen LogP contribution in [0.2, 0.25) is 0 Å². The average Bonchev–Trinajstić information content (AvgIpc) is 1.93. The Labute approximate surface area is 68.2 Å². The van der Waals surface area contributed by atoms with Crippen LogP contribution in [0.1, 0.15) is 19.8 Å². The minimum Gasteiger partial charge on any atom is -0.392 e. The van der Waals surface area contributed by atoms with E-state index in [9.17, 15) is 0 Å². The zero-order chi connectivity index (χ0) is 8.27. The molecule has 2 unspecified atom stereocenters. The maximum atomic E-state index is 9.10. The molecule has 66 valence electrons. The number of aliphatic hydroxyl groups is 1. The summed E-state index contributed by atoms with van der Waals surface area (Å²) in [7, 11) is 0. The van der Waals surface area contributed by atoms with Crippen molar-refractivity contribution in [2.75, 3.05) is 19.6 Å². The highest BCUT2D eigenvalue weighted by atomic mass is 16.3. The Hall–Kier alpha value is -0.120. The minimum atomic E-state index is -0.199. The van der Waals surface area contributed by atoms with Crippen molar-refractivity contribution in [3.8, 4) is 0 Å². The molecule has 3 nitrogen and oxygen atoms in total. The molecule has 11 heavy (non-hydrogen) atoms. The van der Waals surface area contributed by atoms with Gasteiger partial charge in [0.1, 0.15) is 0 Å². The lowest BCUT2D eigenvalue weighted by Gasteiger charge is -2.41. The number of β-amino-alcohol motifs (C(OH)–C–C–N with tert-alkyl or cyclic N) is 1. The van der Waals surface area contributed by atoms with Gasteiger partial charge in [-0.2, -0.15) is 0 Å². The molecule has 1 fully saturated rings. The number of rotatable bonds is 4. The molecule has 1 saturated heterocycles. The van der Waals surface area contributed by atoms with Crippen LogP contribution in [0.4, 0.5) is 0 Å². The van der Waals surface area contributed by atoms with Gasteiger partial charge in [-0.3, -0.25) is 4.90 Å². The second-order valence-electron chi connectivity index (χ2n) is 3.36. The summed E-state index contributed by atoms with van der Waals surface area (Å²) in [5, 5.41) is 9.10. The third-order valence-corrected chi connectivity index (χ3v) is 2.26. The standard InChI is InChI=1S/C8H18N2O/c1-7(11)6-10-5-3-8(10)2-4-9/h7-8,11H,2-6,9H2,1H3. The summed E-state index contributed by atoms with van der Waals surface area (Å²) in [6.45, 7) is 4.54. The first kappa shape index (κ1) is 8.97. The van der Waals surface area contributed by atoms with Crippen LogP contribution in [0, 0.1) is 0 Å². The molecule has 1 heterocycles. The number of nitrogens with zero attached hydrogens (tertiary/aromatic N) is 1. The predicted octanol–water partition coefficient (Wildman–Crippen LogP) is -0.210. The van der Waals surface area contributed by atoms with Crippen molar-refractivity contribution in [1.82, 2.24) is 4.90 Å². The number of aliphatic hydroxyl groups excluding tert-OH is 1. The summed E-state index contributed by atoms with van der Waals surface area (Å²) in [6.07, 6.45) is 2.13. The molecule has 1 aliphatic rings. The average molecular weight is 158 g/mol. The van der Waals surface area contributed by atoms with Gasteiger partial charge >= 0.3 is 0 Å². The molecule has 3 N–H and O–H groups in total. The lowest BCUT2D eigenvalue weighted by atomic mass is 9.99. The third kappa shape index (κ3) is 2.43. The topological polar surface area (TPSA) is 49.5 Å². The van der Waals surface area contributed by atoms with Gasteiger partial charge in [-0.15, -0.1) is 0 Å². The fraction of sp³-hybridized carbons (Fsp3) is 1.00. The van der Waals surface area contributed by atoms with Crippen LogP contribution in [0.15, 0.2) is 0 Å². The fourth-order valence-electron chi connectivity index (χ4n) is 1.59. The van der Waals surface area contributed by atoms with E-state index < -0.39 is 0 Å². The summed E-state index contributed by atoms with van der Waals surface area (Å²) in [5.74, 6) is 0. The van der Waals surface area contributed by atoms with Crippen LogP contribution >= 0.6 is 0 Å². The van der Waals surface area contributed by atoms with E-state index in [2.05, 4.69) is 4.90 Å². The summed E-state index contributed by atoms with van der Waals surface area (Å²) in [5.41, 5.74) is 5.44. The largest absolute Gasteiger partial charge is 0.392 e. The number of likely N-dealkylation sites (tertiary alicyclic amines) is 1. The zero-order valence-corrected chi connectivity index (χ0v) is 7.16. The molecular weight excluding hydrogens is 140 g/mol. The van der Waals surface area contributed by atoms with Gasteiger partial charge in [-0.1, -0.05) is 0 Å². The minimum absolute atomic E-state index is 0.199. The first-order chi connectivity index (χ1) is 5.24. The molecule has 1 rings (SSSR count). The van der Waals surface area contributed by atoms with Crippen LogP contribution in [0.5, 0.6) is 0 Å². The Morgan fingerprint density at radius 2 is 2.45 bits per heavy atom. The van der Waals surface area contributed by atoms with Gasteiger partial charge in [-0.05, 0) is 26.3 Å². The molecule has 0 aromatic rings. The molecule has 0 aliphatic carbocycles. The van der Waals surface area contributed by atoms with Crippen molar-refractivity contribution < 1.29 is 5.11 Å². The highest BCUT2D eigenvalue weighted by molar-refractivity contribution is 4.83. The van der Waals surface area contributed by atoms with Gasteiger partial charge in [0.15, 0.2) is 0 Å². The van der Waals surface area contributed by atoms with Crippen LogP contribution < -0.4 is 5.73 Å². The summed E-state index contributed by atoms with van der Waals surface area (Å²) in [4.78, 5) is 2.30. The Kier molecular flexibility index (Phi) is 3.30. The quantitative estimate of drug-likeness (QED) is 0.595. The first-order valence-corrected chi connectivity index (χ1v) is 4.36. The molecule has 2 atom stereocenters. The van der Waals surface area contributed by atoms with E-state index in [1.807, 2.05) is 6.92 Å². The molecule has 1 aliphatic heterocycles. The maximum Gasteiger partial charge on any atom is 0.0639 e. The molecule has 0 radical (unpaired) electrons. The molecule has 0 aromatic heterocycles. The van der Waals surface area contributed by atoms with Crippen LogP contribution in [-0.4, -0.2) is 41.8 Å². The predicted molar refractivity (Wildman–Crippen MR) is 45.3 cm³/mol. The lowest BCUT2D eigenvalue weighted by molar-refractivity contribution is 0.0353. The lowest BCUT2D eigenvalue weighted by Crippen LogP contribution is -2.50. The monoisotopic (exact) mass is 158 g/mol. The van der Waals surface area contributed by atoms with E-state index in [4.69, 9.17) is 10.8 Å². The zero-order valence-electron chi connectivity index (χ0n) is 7.16. The van der Waals surface area contributed by atoms with Crippen LogP contribution in [0.25, 0.3) is 0 Å². The second-order valence-corrected chi connectivity index (χ2v) is 3.36. The third-order valence-electron chi connectivity index (χ3n) is 2.26. The molecule has 0 aromatic carbocycles. The van der Waals surface area contributed by atoms with Gasteiger partial charge in [0.2, 0.25) is 0 Å². The van der Waals surface area contributed by atoms with Crippen molar-refractivity contribution >= 4 is 0 Å². The normalized spacial score (nSPS) is 28.1. The Bertz CT molecular complexity index is 117. The Morgan fingerprint density at radius 1 is 1.73 bits per heavy atom. The van der Waals surface area contributed by atoms with Gasteiger partial charge in [0.05, 0.1) is 6.10 Å². The number of hydrogen-bond donors (Lipinski definition) is 2. The summed E-state index contributed by atoms with van der Waals surface area (Å²) < 4.78 is 0. The molecule has 0 bridgehead atoms. The van der Waals surface area contributed by atoms with Gasteiger partial charge in [0, 0.05) is 19.1 Å². The van der Waals surface area contributed by atoms with E-state index in [0.29, 0.717) is 6.04 Å². The van der Waals surface area contributed by atoms with Crippen molar-refractivity contribution in [3.05, 3.63) is 0 Å². The SMILES string of the molecule is CC(O)CN1CCC1CCN. The fourth-order valence-corrected chi connectivity index (χ4v) is 1.59. The molecule has 0 amide bonds. The first-order valence-electron chi connectivity index (χ1n) is 4.36. The summed E-state index contributed by atoms with van der Waals surface area (Å²) >= 11 is 0. The second kappa shape index (κ2) is 4.04. The molecule has 0 saturated carbocycles. The van der Waals surface area contributed by atoms with Crippen molar-refractivity contribution in [1.29, 1.82) is 0 Å². The van der Waals surface area contributed by atoms with Crippen molar-refractivity contribution in [2.24, 2.45) is 5.73 Å². The van der Waals surface area contributed by atoms with Gasteiger partial charge in [-0.25, -0.2) is 0 Å². The van der Waals surface area contributed by atoms with Crippen LogP contribution in [-0.2, 0) is 0 Å². The van der Waals surface area contributed by atoms with E-state index in [1.54, 1.807) is 0 Å². The van der Waals surface area contributed by atoms with Crippen molar-refractivity contribution in [2.45, 2.75) is 31.9 Å². The van der Waals surface area contributed by atoms with E-state index in [0.717, 1.165) is 26.1 Å². The molecule has 3 heteroatoms. The summed E-state index contributed by atoms with van der Waals surface area (Å²) in [6, 6.07) is 0.648. The highest BCUT2D eigenvalue weighted by Gasteiger charge is 2.27. The van der Waals surface area contributed by atoms with Crippen LogP contribution in [0.3, 0.4) is 0 Å². The smallest absolute Gasteiger partial charge is 0.0639 e. The van der Waals surface area contributed by atoms with E-state index >= 15 is 0 Å². The highest BCUT2D eigenvalue weighted by Crippen LogP contribution is 2.19. The molecule has 0 spiro atoms. The number of nitrogens with two attached hydrogens (primary N) is 1. The Morgan fingerprint density at radius 3 is 2.82 bits per heavy atom. The van der Waals surface area contributed by atoms with Crippen molar-refractivity contribution in [3.63, 3.8) is 0 Å². The molecular formula is C8H18N2O. The maximum absolute atomic E-state index is 9.10. The van der Waals surface area contributed by atoms with E-state index in [-0.39, 0.29) is 6.10 Å². The van der Waals surface area contributed by atoms with E-state index in [1.165, 1.54) is 6.42 Å². The number of hydrogen-bond acceptors (Lipinski definition) is 3. The Balaban J connectivity index is 2.15. The van der Waals surface area contributed by atoms with Gasteiger partial charge < -0.3 is 10.8 Å².